The maximum absolute atomic E-state index is 6.02. The summed E-state index contributed by atoms with van der Waals surface area (Å²) >= 11 is 0. The summed E-state index contributed by atoms with van der Waals surface area (Å²) in [6, 6.07) is 23.5. The molecule has 0 N–H and O–H groups in total. The molecule has 2 fully saturated rings. The number of pyridine rings is 1. The second-order valence-electron chi connectivity index (χ2n) is 11.2. The van der Waals surface area contributed by atoms with E-state index in [9.17, 15) is 0 Å². The number of hydrogen-bond acceptors (Lipinski definition) is 6. The molecule has 2 saturated heterocycles. The van der Waals surface area contributed by atoms with Crippen LogP contribution in [0.2, 0.25) is 0 Å². The molecule has 3 aliphatic rings. The van der Waals surface area contributed by atoms with Crippen molar-refractivity contribution < 1.29 is 4.74 Å². The van der Waals surface area contributed by atoms with Crippen molar-refractivity contribution in [3.05, 3.63) is 103 Å². The van der Waals surface area contributed by atoms with Gasteiger partial charge in [-0.1, -0.05) is 43.5 Å². The standard InChI is InChI=1S/C34H41N5O/c1-26-25-31(13-18-35-26)37-19-14-29(15-20-37)27(2)36-21-16-30(17-22-36)39-28(3)38(33-11-7-8-12-34(33)39)23-24-40-32-9-5-4-6-10-32/h4-13,18,25,29-30H,2-3,14-17,19-24H2,1H3. The van der Waals surface area contributed by atoms with Gasteiger partial charge >= 0.3 is 0 Å². The van der Waals surface area contributed by atoms with E-state index in [1.807, 2.05) is 36.5 Å². The van der Waals surface area contributed by atoms with Crippen molar-refractivity contribution in [2.45, 2.75) is 38.6 Å². The lowest BCUT2D eigenvalue weighted by Crippen LogP contribution is -2.46. The van der Waals surface area contributed by atoms with E-state index in [4.69, 9.17) is 4.74 Å². The second kappa shape index (κ2) is 11.7. The van der Waals surface area contributed by atoms with Gasteiger partial charge in [0.05, 0.1) is 17.9 Å². The van der Waals surface area contributed by atoms with Crippen LogP contribution in [0.3, 0.4) is 0 Å². The number of para-hydroxylation sites is 3. The number of nitrogens with zero attached hydrogens (tertiary/aromatic N) is 5. The average Bonchev–Trinajstić information content (AvgIpc) is 3.28. The smallest absolute Gasteiger partial charge is 0.119 e. The molecule has 0 saturated carbocycles. The third-order valence-corrected chi connectivity index (χ3v) is 8.80. The summed E-state index contributed by atoms with van der Waals surface area (Å²) in [4.78, 5) is 14.2. The summed E-state index contributed by atoms with van der Waals surface area (Å²) in [7, 11) is 0. The molecule has 6 nitrogen and oxygen atoms in total. The molecule has 0 spiro atoms. The molecular formula is C34H41N5O. The van der Waals surface area contributed by atoms with Gasteiger partial charge in [0.15, 0.2) is 0 Å². The van der Waals surface area contributed by atoms with E-state index in [2.05, 4.69) is 81.1 Å². The maximum atomic E-state index is 6.02. The molecule has 40 heavy (non-hydrogen) atoms. The minimum Gasteiger partial charge on any atom is -0.492 e. The zero-order valence-corrected chi connectivity index (χ0v) is 23.7. The van der Waals surface area contributed by atoms with Crippen molar-refractivity contribution in [2.75, 3.05) is 54.0 Å². The van der Waals surface area contributed by atoms with Gasteiger partial charge in [0.2, 0.25) is 0 Å². The Hall–Kier alpha value is -3.93. The quantitative estimate of drug-likeness (QED) is 0.329. The molecule has 0 bridgehead atoms. The highest BCUT2D eigenvalue weighted by Crippen LogP contribution is 2.44. The average molecular weight is 536 g/mol. The van der Waals surface area contributed by atoms with Crippen LogP contribution in [0.5, 0.6) is 5.75 Å². The highest BCUT2D eigenvalue weighted by Gasteiger charge is 2.36. The summed E-state index contributed by atoms with van der Waals surface area (Å²) < 4.78 is 6.02. The Balaban J connectivity index is 1.04. The summed E-state index contributed by atoms with van der Waals surface area (Å²) in [5.74, 6) is 2.54. The number of ether oxygens (including phenoxy) is 1. The van der Waals surface area contributed by atoms with Crippen molar-refractivity contribution in [1.82, 2.24) is 9.88 Å². The Labute approximate surface area is 239 Å². The number of likely N-dealkylation sites (tertiary alicyclic amines) is 1. The molecule has 0 atom stereocenters. The normalized spacial score (nSPS) is 18.3. The predicted octanol–water partition coefficient (Wildman–Crippen LogP) is 6.46. The van der Waals surface area contributed by atoms with E-state index >= 15 is 0 Å². The highest BCUT2D eigenvalue weighted by molar-refractivity contribution is 5.82. The minimum absolute atomic E-state index is 0.439. The molecule has 3 aliphatic heterocycles. The van der Waals surface area contributed by atoms with Crippen molar-refractivity contribution in [2.24, 2.45) is 5.92 Å². The van der Waals surface area contributed by atoms with Crippen LogP contribution in [0.15, 0.2) is 97.6 Å². The van der Waals surface area contributed by atoms with Gasteiger partial charge in [-0.3, -0.25) is 4.98 Å². The van der Waals surface area contributed by atoms with E-state index in [0.717, 1.165) is 75.7 Å². The van der Waals surface area contributed by atoms with Crippen molar-refractivity contribution in [3.8, 4) is 5.75 Å². The molecule has 0 unspecified atom stereocenters. The van der Waals surface area contributed by atoms with Crippen LogP contribution >= 0.6 is 0 Å². The molecule has 6 rings (SSSR count). The van der Waals surface area contributed by atoms with Crippen molar-refractivity contribution in [3.63, 3.8) is 0 Å². The van der Waals surface area contributed by atoms with Crippen molar-refractivity contribution >= 4 is 17.1 Å². The lowest BCUT2D eigenvalue weighted by atomic mass is 9.91. The number of fused-ring (bicyclic) bond motifs is 1. The van der Waals surface area contributed by atoms with Gasteiger partial charge in [-0.15, -0.1) is 0 Å². The first-order chi connectivity index (χ1) is 19.6. The number of rotatable bonds is 8. The zero-order valence-electron chi connectivity index (χ0n) is 23.7. The molecule has 4 heterocycles. The van der Waals surface area contributed by atoms with Gasteiger partial charge in [-0.2, -0.15) is 0 Å². The number of benzene rings is 2. The minimum atomic E-state index is 0.439. The first-order valence-corrected chi connectivity index (χ1v) is 14.7. The Morgan fingerprint density at radius 1 is 0.900 bits per heavy atom. The fraction of sp³-hybridized carbons (Fsp3) is 0.382. The van der Waals surface area contributed by atoms with E-state index in [1.54, 1.807) is 0 Å². The summed E-state index contributed by atoms with van der Waals surface area (Å²) in [6.07, 6.45) is 6.46. The fourth-order valence-electron chi connectivity index (χ4n) is 6.60. The highest BCUT2D eigenvalue weighted by atomic mass is 16.5. The lowest BCUT2D eigenvalue weighted by molar-refractivity contribution is 0.226. The largest absolute Gasteiger partial charge is 0.492 e. The zero-order chi connectivity index (χ0) is 27.5. The molecule has 1 aromatic heterocycles. The Kier molecular flexibility index (Phi) is 7.67. The molecule has 3 aromatic rings. The topological polar surface area (TPSA) is 35.1 Å². The number of hydrogen-bond donors (Lipinski definition) is 0. The molecule has 208 valence electrons. The summed E-state index contributed by atoms with van der Waals surface area (Å²) in [5.41, 5.74) is 6.21. The van der Waals surface area contributed by atoms with Gasteiger partial charge in [0.25, 0.3) is 0 Å². The van der Waals surface area contributed by atoms with Crippen LogP contribution in [0.4, 0.5) is 17.1 Å². The van der Waals surface area contributed by atoms with Gasteiger partial charge < -0.3 is 24.3 Å². The number of anilines is 3. The Morgan fingerprint density at radius 3 is 2.33 bits per heavy atom. The number of allylic oxidation sites excluding steroid dienone is 1. The second-order valence-corrected chi connectivity index (χ2v) is 11.2. The van der Waals surface area contributed by atoms with E-state index in [0.29, 0.717) is 18.6 Å². The molecule has 6 heteroatoms. The van der Waals surface area contributed by atoms with Crippen LogP contribution in [0.25, 0.3) is 0 Å². The third-order valence-electron chi connectivity index (χ3n) is 8.80. The number of aryl methyl sites for hydroxylation is 1. The van der Waals surface area contributed by atoms with E-state index in [1.165, 1.54) is 22.8 Å². The Bertz CT molecular complexity index is 1320. The van der Waals surface area contributed by atoms with E-state index < -0.39 is 0 Å². The molecule has 2 aromatic carbocycles. The summed E-state index contributed by atoms with van der Waals surface area (Å²) in [6.45, 7) is 16.9. The van der Waals surface area contributed by atoms with Crippen LogP contribution in [-0.4, -0.2) is 55.3 Å². The number of aromatic nitrogens is 1. The van der Waals surface area contributed by atoms with Gasteiger partial charge in [0.1, 0.15) is 18.2 Å². The van der Waals surface area contributed by atoms with E-state index in [-0.39, 0.29) is 0 Å². The first-order valence-electron chi connectivity index (χ1n) is 14.7. The summed E-state index contributed by atoms with van der Waals surface area (Å²) in [5, 5.41) is 0. The molecule has 0 radical (unpaired) electrons. The predicted molar refractivity (Wildman–Crippen MR) is 165 cm³/mol. The third kappa shape index (κ3) is 5.40. The number of piperidine rings is 2. The molecule has 0 aliphatic carbocycles. The first kappa shape index (κ1) is 26.3. The van der Waals surface area contributed by atoms with Gasteiger partial charge in [0, 0.05) is 61.4 Å². The SMILES string of the molecule is C=C(C1CCN(c2ccnc(C)c2)CC1)N1CCC(N2C(=C)N(CCOc3ccccc3)c3ccccc32)CC1. The van der Waals surface area contributed by atoms with Crippen LogP contribution in [-0.2, 0) is 0 Å². The molecular weight excluding hydrogens is 494 g/mol. The Morgan fingerprint density at radius 2 is 1.60 bits per heavy atom. The molecule has 0 amide bonds. The van der Waals surface area contributed by atoms with Crippen LogP contribution < -0.4 is 19.4 Å². The van der Waals surface area contributed by atoms with Crippen molar-refractivity contribution in [1.29, 1.82) is 0 Å². The van der Waals surface area contributed by atoms with Crippen LogP contribution in [0, 0.1) is 12.8 Å². The van der Waals surface area contributed by atoms with Gasteiger partial charge in [-0.25, -0.2) is 0 Å². The fourth-order valence-corrected chi connectivity index (χ4v) is 6.60. The lowest BCUT2D eigenvalue weighted by Gasteiger charge is -2.43. The monoisotopic (exact) mass is 535 g/mol. The maximum Gasteiger partial charge on any atom is 0.119 e. The van der Waals surface area contributed by atoms with Crippen LogP contribution in [0.1, 0.15) is 31.4 Å². The van der Waals surface area contributed by atoms with Gasteiger partial charge in [-0.05, 0) is 69.0 Å².